The minimum absolute atomic E-state index is 0.136. The van der Waals surface area contributed by atoms with Crippen molar-refractivity contribution >= 4 is 11.6 Å². The van der Waals surface area contributed by atoms with Crippen molar-refractivity contribution in [2.24, 2.45) is 5.73 Å². The molecule has 0 aliphatic rings. The highest BCUT2D eigenvalue weighted by Crippen LogP contribution is 2.32. The maximum atomic E-state index is 12.9. The fourth-order valence-electron chi connectivity index (χ4n) is 1.81. The number of benzene rings is 2. The van der Waals surface area contributed by atoms with Crippen molar-refractivity contribution in [3.8, 4) is 0 Å². The van der Waals surface area contributed by atoms with E-state index < -0.39 is 23.6 Å². The third-order valence-electron chi connectivity index (χ3n) is 2.89. The van der Waals surface area contributed by atoms with Crippen molar-refractivity contribution in [1.82, 2.24) is 0 Å². The zero-order valence-electron chi connectivity index (χ0n) is 10.1. The normalized spacial score (nSPS) is 13.3. The molecule has 0 bridgehead atoms. The molecule has 0 aliphatic heterocycles. The number of hydrogen-bond acceptors (Lipinski definition) is 1. The third-order valence-corrected chi connectivity index (χ3v) is 3.22. The van der Waals surface area contributed by atoms with Gasteiger partial charge in [-0.25, -0.2) is 4.39 Å². The standard InChI is InChI=1S/C14H10ClF4N/c15-12-7-10(16)5-6-11(12)13(20)8-1-3-9(4-2-8)14(17,18)19/h1-7,13H,20H2. The van der Waals surface area contributed by atoms with E-state index in [1.807, 2.05) is 0 Å². The molecule has 6 heteroatoms. The lowest BCUT2D eigenvalue weighted by atomic mass is 9.98. The van der Waals surface area contributed by atoms with Gasteiger partial charge in [-0.05, 0) is 35.4 Å². The second-order valence-corrected chi connectivity index (χ2v) is 4.67. The topological polar surface area (TPSA) is 26.0 Å². The van der Waals surface area contributed by atoms with Crippen LogP contribution in [0.4, 0.5) is 17.6 Å². The van der Waals surface area contributed by atoms with E-state index in [9.17, 15) is 17.6 Å². The maximum absolute atomic E-state index is 12.9. The van der Waals surface area contributed by atoms with Crippen molar-refractivity contribution in [2.75, 3.05) is 0 Å². The molecule has 0 radical (unpaired) electrons. The predicted molar refractivity (Wildman–Crippen MR) is 68.9 cm³/mol. The minimum atomic E-state index is -4.39. The molecule has 1 atom stereocenters. The van der Waals surface area contributed by atoms with E-state index in [1.54, 1.807) is 0 Å². The van der Waals surface area contributed by atoms with Crippen molar-refractivity contribution in [3.63, 3.8) is 0 Å². The maximum Gasteiger partial charge on any atom is 0.416 e. The molecule has 0 saturated heterocycles. The Hall–Kier alpha value is -1.59. The smallest absolute Gasteiger partial charge is 0.320 e. The molecule has 106 valence electrons. The zero-order chi connectivity index (χ0) is 14.9. The van der Waals surface area contributed by atoms with Crippen molar-refractivity contribution in [1.29, 1.82) is 0 Å². The van der Waals surface area contributed by atoms with E-state index >= 15 is 0 Å². The van der Waals surface area contributed by atoms with E-state index in [-0.39, 0.29) is 5.02 Å². The van der Waals surface area contributed by atoms with Gasteiger partial charge >= 0.3 is 6.18 Å². The van der Waals surface area contributed by atoms with Crippen LogP contribution in [-0.2, 0) is 6.18 Å². The Bertz CT molecular complexity index is 608. The molecule has 0 aliphatic carbocycles. The van der Waals surface area contributed by atoms with Crippen LogP contribution in [0.3, 0.4) is 0 Å². The van der Waals surface area contributed by atoms with Gasteiger partial charge in [0.1, 0.15) is 5.82 Å². The van der Waals surface area contributed by atoms with Gasteiger partial charge in [0, 0.05) is 5.02 Å². The Morgan fingerprint density at radius 2 is 1.60 bits per heavy atom. The van der Waals surface area contributed by atoms with Gasteiger partial charge in [0.05, 0.1) is 11.6 Å². The van der Waals surface area contributed by atoms with Crippen molar-refractivity contribution < 1.29 is 17.6 Å². The number of halogens is 5. The molecule has 0 aromatic heterocycles. The highest BCUT2D eigenvalue weighted by atomic mass is 35.5. The van der Waals surface area contributed by atoms with Crippen LogP contribution < -0.4 is 5.73 Å². The lowest BCUT2D eigenvalue weighted by Crippen LogP contribution is -2.13. The van der Waals surface area contributed by atoms with Gasteiger partial charge < -0.3 is 5.73 Å². The Kier molecular flexibility index (Phi) is 4.01. The lowest BCUT2D eigenvalue weighted by molar-refractivity contribution is -0.137. The van der Waals surface area contributed by atoms with Crippen molar-refractivity contribution in [3.05, 3.63) is 70.0 Å². The van der Waals surface area contributed by atoms with Crippen LogP contribution >= 0.6 is 11.6 Å². The molecule has 0 saturated carbocycles. The van der Waals surface area contributed by atoms with Gasteiger partial charge in [0.25, 0.3) is 0 Å². The second kappa shape index (κ2) is 5.42. The SMILES string of the molecule is NC(c1ccc(C(F)(F)F)cc1)c1ccc(F)cc1Cl. The molecule has 2 aromatic carbocycles. The van der Waals surface area contributed by atoms with Gasteiger partial charge in [0.15, 0.2) is 0 Å². The third kappa shape index (κ3) is 3.11. The molecule has 0 amide bonds. The molecule has 2 aromatic rings. The van der Waals surface area contributed by atoms with Gasteiger partial charge in [-0.3, -0.25) is 0 Å². The summed E-state index contributed by atoms with van der Waals surface area (Å²) < 4.78 is 50.3. The van der Waals surface area contributed by atoms with Gasteiger partial charge in [-0.1, -0.05) is 29.8 Å². The molecule has 1 nitrogen and oxygen atoms in total. The summed E-state index contributed by atoms with van der Waals surface area (Å²) >= 11 is 5.88. The van der Waals surface area contributed by atoms with Crippen LogP contribution in [0, 0.1) is 5.82 Å². The summed E-state index contributed by atoms with van der Waals surface area (Å²) in [6.07, 6.45) is -4.39. The fraction of sp³-hybridized carbons (Fsp3) is 0.143. The minimum Gasteiger partial charge on any atom is -0.320 e. The van der Waals surface area contributed by atoms with Crippen LogP contribution in [0.1, 0.15) is 22.7 Å². The highest BCUT2D eigenvalue weighted by molar-refractivity contribution is 6.31. The fourth-order valence-corrected chi connectivity index (χ4v) is 2.10. The lowest BCUT2D eigenvalue weighted by Gasteiger charge is -2.15. The Morgan fingerprint density at radius 1 is 1.00 bits per heavy atom. The first-order valence-corrected chi connectivity index (χ1v) is 6.04. The molecule has 0 spiro atoms. The van der Waals surface area contributed by atoms with Crippen LogP contribution in [-0.4, -0.2) is 0 Å². The predicted octanol–water partition coefficient (Wildman–Crippen LogP) is 4.55. The monoisotopic (exact) mass is 303 g/mol. The highest BCUT2D eigenvalue weighted by Gasteiger charge is 2.30. The summed E-state index contributed by atoms with van der Waals surface area (Å²) in [5, 5.41) is 0.136. The molecule has 0 fully saturated rings. The average Bonchev–Trinajstić information content (AvgIpc) is 2.37. The summed E-state index contributed by atoms with van der Waals surface area (Å²) in [4.78, 5) is 0. The van der Waals surface area contributed by atoms with E-state index in [4.69, 9.17) is 17.3 Å². The summed E-state index contributed by atoms with van der Waals surface area (Å²) in [5.74, 6) is -0.502. The summed E-state index contributed by atoms with van der Waals surface area (Å²) in [6, 6.07) is 7.48. The van der Waals surface area contributed by atoms with E-state index in [0.717, 1.165) is 18.2 Å². The summed E-state index contributed by atoms with van der Waals surface area (Å²) in [7, 11) is 0. The molecule has 2 N–H and O–H groups in total. The Labute approximate surface area is 118 Å². The van der Waals surface area contributed by atoms with Crippen LogP contribution in [0.2, 0.25) is 5.02 Å². The largest absolute Gasteiger partial charge is 0.416 e. The molecule has 1 unspecified atom stereocenters. The number of hydrogen-bond donors (Lipinski definition) is 1. The first-order chi connectivity index (χ1) is 9.29. The van der Waals surface area contributed by atoms with Crippen LogP contribution in [0.25, 0.3) is 0 Å². The van der Waals surface area contributed by atoms with E-state index in [0.29, 0.717) is 11.1 Å². The quantitative estimate of drug-likeness (QED) is 0.810. The van der Waals surface area contributed by atoms with E-state index in [2.05, 4.69) is 0 Å². The molecule has 0 heterocycles. The van der Waals surface area contributed by atoms with Gasteiger partial charge in [-0.2, -0.15) is 13.2 Å². The van der Waals surface area contributed by atoms with Gasteiger partial charge in [0.2, 0.25) is 0 Å². The number of alkyl halides is 3. The molecular formula is C14H10ClF4N. The molecular weight excluding hydrogens is 294 g/mol. The van der Waals surface area contributed by atoms with Gasteiger partial charge in [-0.15, -0.1) is 0 Å². The van der Waals surface area contributed by atoms with Crippen LogP contribution in [0.15, 0.2) is 42.5 Å². The summed E-state index contributed by atoms with van der Waals surface area (Å²) in [5.41, 5.74) is 6.10. The Morgan fingerprint density at radius 3 is 2.10 bits per heavy atom. The second-order valence-electron chi connectivity index (χ2n) is 4.26. The molecule has 20 heavy (non-hydrogen) atoms. The first-order valence-electron chi connectivity index (χ1n) is 5.66. The van der Waals surface area contributed by atoms with Crippen molar-refractivity contribution in [2.45, 2.75) is 12.2 Å². The average molecular weight is 304 g/mol. The summed E-state index contributed by atoms with van der Waals surface area (Å²) in [6.45, 7) is 0. The van der Waals surface area contributed by atoms with E-state index in [1.165, 1.54) is 24.3 Å². The zero-order valence-corrected chi connectivity index (χ0v) is 10.8. The number of rotatable bonds is 2. The van der Waals surface area contributed by atoms with Crippen LogP contribution in [0.5, 0.6) is 0 Å². The Balaban J connectivity index is 2.31. The number of nitrogens with two attached hydrogens (primary N) is 1. The molecule has 2 rings (SSSR count). The first kappa shape index (κ1) is 14.8.